The van der Waals surface area contributed by atoms with Gasteiger partial charge in [0.15, 0.2) is 0 Å². The first-order chi connectivity index (χ1) is 6.70. The van der Waals surface area contributed by atoms with Gasteiger partial charge >= 0.3 is 0 Å². The first-order valence-electron chi connectivity index (χ1n) is 5.09. The zero-order valence-corrected chi connectivity index (χ0v) is 9.17. The summed E-state index contributed by atoms with van der Waals surface area (Å²) in [5.41, 5.74) is 8.24. The minimum Gasteiger partial charge on any atom is -0.383 e. The molecule has 1 aromatic rings. The lowest BCUT2D eigenvalue weighted by Gasteiger charge is -2.19. The van der Waals surface area contributed by atoms with Gasteiger partial charge in [-0.3, -0.25) is 0 Å². The maximum atomic E-state index is 5.88. The monoisotopic (exact) mass is 193 g/mol. The van der Waals surface area contributed by atoms with Crippen molar-refractivity contribution in [3.05, 3.63) is 23.4 Å². The van der Waals surface area contributed by atoms with Crippen molar-refractivity contribution in [1.29, 1.82) is 0 Å². The average Bonchev–Trinajstić information content (AvgIpc) is 2.16. The Morgan fingerprint density at radius 1 is 1.57 bits per heavy atom. The van der Waals surface area contributed by atoms with Crippen LogP contribution in [0.15, 0.2) is 12.3 Å². The van der Waals surface area contributed by atoms with E-state index in [9.17, 15) is 0 Å². The van der Waals surface area contributed by atoms with Gasteiger partial charge < -0.3 is 11.1 Å². The summed E-state index contributed by atoms with van der Waals surface area (Å²) in [6.45, 7) is 4.25. The van der Waals surface area contributed by atoms with Gasteiger partial charge in [-0.15, -0.1) is 0 Å². The number of anilines is 1. The Balaban J connectivity index is 3.02. The number of pyridine rings is 1. The van der Waals surface area contributed by atoms with Crippen LogP contribution in [0.1, 0.15) is 36.9 Å². The first-order valence-corrected chi connectivity index (χ1v) is 5.09. The van der Waals surface area contributed by atoms with Crippen LogP contribution in [-0.2, 0) is 0 Å². The number of aryl methyl sites for hydroxylation is 1. The standard InChI is InChI=1S/C11H19N3/c1-4-5-9(13-3)10-8(2)6-7-14-11(10)12/h6-7,9,13H,4-5H2,1-3H3,(H2,12,14). The number of nitrogens with one attached hydrogen (secondary N) is 1. The molecule has 0 radical (unpaired) electrons. The molecule has 0 aliphatic rings. The number of nitrogen functional groups attached to an aromatic ring is 1. The van der Waals surface area contributed by atoms with E-state index in [1.165, 1.54) is 5.56 Å². The lowest BCUT2D eigenvalue weighted by molar-refractivity contribution is 0.539. The van der Waals surface area contributed by atoms with Crippen LogP contribution in [0.3, 0.4) is 0 Å². The van der Waals surface area contributed by atoms with Gasteiger partial charge in [0.05, 0.1) is 0 Å². The van der Waals surface area contributed by atoms with Crippen LogP contribution in [0.5, 0.6) is 0 Å². The summed E-state index contributed by atoms with van der Waals surface area (Å²) in [7, 11) is 1.96. The van der Waals surface area contributed by atoms with Gasteiger partial charge in [0.2, 0.25) is 0 Å². The minimum absolute atomic E-state index is 0.327. The van der Waals surface area contributed by atoms with E-state index < -0.39 is 0 Å². The van der Waals surface area contributed by atoms with Crippen LogP contribution in [0.2, 0.25) is 0 Å². The normalized spacial score (nSPS) is 12.8. The fourth-order valence-electron chi connectivity index (χ4n) is 1.77. The van der Waals surface area contributed by atoms with Gasteiger partial charge in [-0.2, -0.15) is 0 Å². The Bertz CT molecular complexity index is 276. The third-order valence-electron chi connectivity index (χ3n) is 2.51. The van der Waals surface area contributed by atoms with Crippen LogP contribution < -0.4 is 11.1 Å². The molecular formula is C11H19N3. The van der Waals surface area contributed by atoms with E-state index in [1.807, 2.05) is 13.1 Å². The molecule has 0 saturated carbocycles. The van der Waals surface area contributed by atoms with Gasteiger partial charge in [-0.1, -0.05) is 13.3 Å². The molecule has 0 aliphatic heterocycles. The van der Waals surface area contributed by atoms with Crippen molar-refractivity contribution in [3.8, 4) is 0 Å². The molecule has 0 aromatic carbocycles. The lowest BCUT2D eigenvalue weighted by atomic mass is 9.99. The summed E-state index contributed by atoms with van der Waals surface area (Å²) in [5.74, 6) is 0.651. The zero-order valence-electron chi connectivity index (χ0n) is 9.17. The molecule has 1 aromatic heterocycles. The summed E-state index contributed by atoms with van der Waals surface area (Å²) < 4.78 is 0. The molecule has 1 unspecified atom stereocenters. The molecule has 0 saturated heterocycles. The molecule has 1 heterocycles. The van der Waals surface area contributed by atoms with Crippen molar-refractivity contribution >= 4 is 5.82 Å². The highest BCUT2D eigenvalue weighted by Crippen LogP contribution is 2.25. The lowest BCUT2D eigenvalue weighted by Crippen LogP contribution is -2.19. The second-order valence-corrected chi connectivity index (χ2v) is 3.56. The Kier molecular flexibility index (Phi) is 3.89. The SMILES string of the molecule is CCCC(NC)c1c(C)ccnc1N. The molecule has 14 heavy (non-hydrogen) atoms. The topological polar surface area (TPSA) is 50.9 Å². The predicted octanol–water partition coefficient (Wildman–Crippen LogP) is 2.03. The second-order valence-electron chi connectivity index (χ2n) is 3.56. The predicted molar refractivity (Wildman–Crippen MR) is 60.1 cm³/mol. The summed E-state index contributed by atoms with van der Waals surface area (Å²) in [4.78, 5) is 4.13. The third-order valence-corrected chi connectivity index (χ3v) is 2.51. The van der Waals surface area contributed by atoms with Crippen LogP contribution >= 0.6 is 0 Å². The minimum atomic E-state index is 0.327. The van der Waals surface area contributed by atoms with Crippen LogP contribution in [-0.4, -0.2) is 12.0 Å². The number of nitrogens with zero attached hydrogens (tertiary/aromatic N) is 1. The highest BCUT2D eigenvalue weighted by atomic mass is 14.9. The van der Waals surface area contributed by atoms with Gasteiger partial charge in [0.25, 0.3) is 0 Å². The van der Waals surface area contributed by atoms with Crippen molar-refractivity contribution in [2.45, 2.75) is 32.7 Å². The van der Waals surface area contributed by atoms with Gasteiger partial charge in [0.1, 0.15) is 5.82 Å². The average molecular weight is 193 g/mol. The third kappa shape index (κ3) is 2.23. The molecule has 0 aliphatic carbocycles. The van der Waals surface area contributed by atoms with E-state index in [4.69, 9.17) is 5.73 Å². The largest absolute Gasteiger partial charge is 0.383 e. The van der Waals surface area contributed by atoms with Crippen LogP contribution in [0, 0.1) is 6.92 Å². The molecular weight excluding hydrogens is 174 g/mol. The molecule has 3 N–H and O–H groups in total. The number of hydrogen-bond acceptors (Lipinski definition) is 3. The maximum Gasteiger partial charge on any atom is 0.128 e. The van der Waals surface area contributed by atoms with Gasteiger partial charge in [-0.05, 0) is 32.0 Å². The fourth-order valence-corrected chi connectivity index (χ4v) is 1.77. The van der Waals surface area contributed by atoms with E-state index in [0.29, 0.717) is 11.9 Å². The van der Waals surface area contributed by atoms with Gasteiger partial charge in [-0.25, -0.2) is 4.98 Å². The summed E-state index contributed by atoms with van der Waals surface area (Å²) in [6.07, 6.45) is 3.99. The summed E-state index contributed by atoms with van der Waals surface area (Å²) in [5, 5.41) is 3.28. The van der Waals surface area contributed by atoms with E-state index in [1.54, 1.807) is 6.20 Å². The van der Waals surface area contributed by atoms with Gasteiger partial charge in [0, 0.05) is 17.8 Å². The van der Waals surface area contributed by atoms with Crippen molar-refractivity contribution in [2.75, 3.05) is 12.8 Å². The number of nitrogens with two attached hydrogens (primary N) is 1. The molecule has 1 rings (SSSR count). The number of aromatic nitrogens is 1. The molecule has 1 atom stereocenters. The fraction of sp³-hybridized carbons (Fsp3) is 0.545. The number of rotatable bonds is 4. The van der Waals surface area contributed by atoms with E-state index in [-0.39, 0.29) is 0 Å². The van der Waals surface area contributed by atoms with E-state index in [2.05, 4.69) is 24.1 Å². The zero-order chi connectivity index (χ0) is 10.6. The highest BCUT2D eigenvalue weighted by Gasteiger charge is 2.14. The van der Waals surface area contributed by atoms with Crippen molar-refractivity contribution in [1.82, 2.24) is 10.3 Å². The quantitative estimate of drug-likeness (QED) is 0.769. The molecule has 0 amide bonds. The highest BCUT2D eigenvalue weighted by molar-refractivity contribution is 5.45. The van der Waals surface area contributed by atoms with Crippen LogP contribution in [0.25, 0.3) is 0 Å². The Labute approximate surface area is 85.7 Å². The summed E-state index contributed by atoms with van der Waals surface area (Å²) in [6, 6.07) is 2.33. The molecule has 3 nitrogen and oxygen atoms in total. The number of hydrogen-bond donors (Lipinski definition) is 2. The van der Waals surface area contributed by atoms with Crippen molar-refractivity contribution in [2.24, 2.45) is 0 Å². The second kappa shape index (κ2) is 4.96. The molecule has 0 spiro atoms. The van der Waals surface area contributed by atoms with E-state index in [0.717, 1.165) is 18.4 Å². The molecule has 78 valence electrons. The summed E-state index contributed by atoms with van der Waals surface area (Å²) >= 11 is 0. The smallest absolute Gasteiger partial charge is 0.128 e. The molecule has 0 bridgehead atoms. The first kappa shape index (κ1) is 11.0. The Morgan fingerprint density at radius 2 is 2.29 bits per heavy atom. The Morgan fingerprint density at radius 3 is 2.79 bits per heavy atom. The maximum absolute atomic E-state index is 5.88. The molecule has 0 fully saturated rings. The van der Waals surface area contributed by atoms with Crippen molar-refractivity contribution < 1.29 is 0 Å². The van der Waals surface area contributed by atoms with E-state index >= 15 is 0 Å². The van der Waals surface area contributed by atoms with Crippen LogP contribution in [0.4, 0.5) is 5.82 Å². The molecule has 3 heteroatoms. The van der Waals surface area contributed by atoms with Crippen molar-refractivity contribution in [3.63, 3.8) is 0 Å². The Hall–Kier alpha value is -1.09.